The first-order valence-electron chi connectivity index (χ1n) is 5.25. The first-order valence-corrected chi connectivity index (χ1v) is 7.56. The third-order valence-corrected chi connectivity index (χ3v) is 3.37. The molecule has 92 valence electrons. The van der Waals surface area contributed by atoms with Gasteiger partial charge in [-0.3, -0.25) is 0 Å². The number of rotatable bonds is 5. The Bertz CT molecular complexity index is 453. The van der Waals surface area contributed by atoms with Gasteiger partial charge in [-0.05, 0) is 6.42 Å². The van der Waals surface area contributed by atoms with Crippen LogP contribution in [0.15, 0.2) is 5.16 Å². The van der Waals surface area contributed by atoms with E-state index in [2.05, 4.69) is 10.2 Å². The smallest absolute Gasteiger partial charge is 0.296 e. The molecule has 7 heteroatoms. The molecule has 0 atom stereocenters. The summed E-state index contributed by atoms with van der Waals surface area (Å²) in [5.74, 6) is 0.782. The largest absolute Gasteiger partial charge is 0.301 e. The third kappa shape index (κ3) is 2.95. The van der Waals surface area contributed by atoms with E-state index < -0.39 is 9.05 Å². The molecule has 0 aliphatic heterocycles. The molecule has 1 aromatic heterocycles. The Kier molecular flexibility index (Phi) is 4.32. The molecule has 0 spiro atoms. The van der Waals surface area contributed by atoms with Crippen molar-refractivity contribution in [3.63, 3.8) is 0 Å². The first-order chi connectivity index (χ1) is 7.38. The second-order valence-electron chi connectivity index (χ2n) is 3.94. The molecule has 0 radical (unpaired) electrons. The molecular weight excluding hydrogens is 250 g/mol. The van der Waals surface area contributed by atoms with Crippen LogP contribution in [-0.2, 0) is 15.6 Å². The van der Waals surface area contributed by atoms with Crippen LogP contribution in [0.25, 0.3) is 0 Å². The average Bonchev–Trinajstić information content (AvgIpc) is 2.57. The molecule has 0 aliphatic carbocycles. The van der Waals surface area contributed by atoms with E-state index in [0.29, 0.717) is 12.4 Å². The molecule has 0 saturated carbocycles. The van der Waals surface area contributed by atoms with Gasteiger partial charge in [0.25, 0.3) is 14.2 Å². The van der Waals surface area contributed by atoms with Crippen molar-refractivity contribution in [3.05, 3.63) is 5.82 Å². The van der Waals surface area contributed by atoms with Crippen LogP contribution >= 0.6 is 10.7 Å². The summed E-state index contributed by atoms with van der Waals surface area (Å²) in [6, 6.07) is 0. The van der Waals surface area contributed by atoms with Crippen molar-refractivity contribution in [2.24, 2.45) is 0 Å². The molecule has 0 fully saturated rings. The fraction of sp³-hybridized carbons (Fsp3) is 0.778. The summed E-state index contributed by atoms with van der Waals surface area (Å²) in [5.41, 5.74) is 0. The van der Waals surface area contributed by atoms with Gasteiger partial charge in [0.2, 0.25) is 0 Å². The minimum absolute atomic E-state index is 0.122. The molecule has 0 N–H and O–H groups in total. The van der Waals surface area contributed by atoms with Crippen LogP contribution < -0.4 is 0 Å². The maximum absolute atomic E-state index is 11.3. The maximum atomic E-state index is 11.3. The lowest BCUT2D eigenvalue weighted by atomic mass is 10.2. The summed E-state index contributed by atoms with van der Waals surface area (Å²) < 4.78 is 24.2. The van der Waals surface area contributed by atoms with Gasteiger partial charge in [0.05, 0.1) is 0 Å². The highest BCUT2D eigenvalue weighted by Gasteiger charge is 2.23. The number of halogens is 1. The number of nitrogens with zero attached hydrogens (tertiary/aromatic N) is 3. The highest BCUT2D eigenvalue weighted by Crippen LogP contribution is 2.19. The molecule has 0 saturated heterocycles. The van der Waals surface area contributed by atoms with Gasteiger partial charge in [-0.1, -0.05) is 27.2 Å². The zero-order chi connectivity index (χ0) is 12.3. The Morgan fingerprint density at radius 2 is 2.00 bits per heavy atom. The molecule has 1 aromatic rings. The van der Waals surface area contributed by atoms with Crippen molar-refractivity contribution in [2.75, 3.05) is 0 Å². The predicted molar refractivity (Wildman–Crippen MR) is 62.1 cm³/mol. The molecule has 1 rings (SSSR count). The zero-order valence-corrected chi connectivity index (χ0v) is 11.2. The summed E-state index contributed by atoms with van der Waals surface area (Å²) in [7, 11) is 1.49. The van der Waals surface area contributed by atoms with Gasteiger partial charge in [0.15, 0.2) is 0 Å². The van der Waals surface area contributed by atoms with Crippen LogP contribution in [0.5, 0.6) is 0 Å². The summed E-state index contributed by atoms with van der Waals surface area (Å²) >= 11 is 0. The Hall–Kier alpha value is -0.620. The summed E-state index contributed by atoms with van der Waals surface area (Å²) in [6.07, 6.45) is 1.84. The number of unbranched alkanes of at least 4 members (excludes halogenated alkanes) is 1. The molecule has 0 bridgehead atoms. The quantitative estimate of drug-likeness (QED) is 0.765. The van der Waals surface area contributed by atoms with Gasteiger partial charge in [0.1, 0.15) is 5.82 Å². The fourth-order valence-electron chi connectivity index (χ4n) is 1.43. The first kappa shape index (κ1) is 13.4. The van der Waals surface area contributed by atoms with Gasteiger partial charge in [-0.15, -0.1) is 10.2 Å². The molecule has 5 nitrogen and oxygen atoms in total. The molecule has 0 amide bonds. The van der Waals surface area contributed by atoms with E-state index in [1.54, 1.807) is 4.57 Å². The summed E-state index contributed by atoms with van der Waals surface area (Å²) in [4.78, 5) is 0. The van der Waals surface area contributed by atoms with E-state index in [1.807, 2.05) is 20.8 Å². The lowest BCUT2D eigenvalue weighted by molar-refractivity contribution is 0.530. The lowest BCUT2D eigenvalue weighted by Crippen LogP contribution is -2.10. The molecule has 16 heavy (non-hydrogen) atoms. The van der Waals surface area contributed by atoms with E-state index in [0.717, 1.165) is 12.8 Å². The average molecular weight is 266 g/mol. The number of aromatic nitrogens is 3. The van der Waals surface area contributed by atoms with Gasteiger partial charge in [0, 0.05) is 23.1 Å². The Labute approximate surface area is 100 Å². The molecule has 0 aromatic carbocycles. The third-order valence-electron chi connectivity index (χ3n) is 2.22. The fourth-order valence-corrected chi connectivity index (χ4v) is 2.36. The second kappa shape index (κ2) is 5.14. The summed E-state index contributed by atoms with van der Waals surface area (Å²) in [5, 5.41) is 7.39. The zero-order valence-electron chi connectivity index (χ0n) is 9.64. The minimum atomic E-state index is -3.82. The lowest BCUT2D eigenvalue weighted by Gasteiger charge is -2.09. The van der Waals surface area contributed by atoms with Gasteiger partial charge < -0.3 is 4.57 Å². The van der Waals surface area contributed by atoms with Crippen LogP contribution in [0, 0.1) is 0 Å². The van der Waals surface area contributed by atoms with Crippen LogP contribution in [0.4, 0.5) is 0 Å². The van der Waals surface area contributed by atoms with Crippen molar-refractivity contribution in [2.45, 2.75) is 51.2 Å². The van der Waals surface area contributed by atoms with Crippen molar-refractivity contribution in [3.8, 4) is 0 Å². The van der Waals surface area contributed by atoms with E-state index >= 15 is 0 Å². The second-order valence-corrected chi connectivity index (χ2v) is 6.40. The molecule has 0 unspecified atom stereocenters. The van der Waals surface area contributed by atoms with Crippen LogP contribution in [0.3, 0.4) is 0 Å². The Morgan fingerprint density at radius 3 is 2.44 bits per heavy atom. The van der Waals surface area contributed by atoms with Crippen molar-refractivity contribution < 1.29 is 8.42 Å². The van der Waals surface area contributed by atoms with E-state index in [4.69, 9.17) is 10.7 Å². The van der Waals surface area contributed by atoms with E-state index in [1.165, 1.54) is 0 Å². The summed E-state index contributed by atoms with van der Waals surface area (Å²) in [6.45, 7) is 6.50. The van der Waals surface area contributed by atoms with E-state index in [-0.39, 0.29) is 11.1 Å². The van der Waals surface area contributed by atoms with Gasteiger partial charge in [-0.2, -0.15) is 0 Å². The normalized spacial score (nSPS) is 12.3. The van der Waals surface area contributed by atoms with Gasteiger partial charge in [-0.25, -0.2) is 8.42 Å². The van der Waals surface area contributed by atoms with Crippen molar-refractivity contribution in [1.82, 2.24) is 14.8 Å². The van der Waals surface area contributed by atoms with Gasteiger partial charge >= 0.3 is 0 Å². The molecular formula is C9H16ClN3O2S. The van der Waals surface area contributed by atoms with Crippen LogP contribution in [-0.4, -0.2) is 23.2 Å². The topological polar surface area (TPSA) is 64.8 Å². The van der Waals surface area contributed by atoms with Crippen molar-refractivity contribution in [1.29, 1.82) is 0 Å². The van der Waals surface area contributed by atoms with Crippen molar-refractivity contribution >= 4 is 19.7 Å². The maximum Gasteiger partial charge on any atom is 0.296 e. The molecule has 0 aliphatic rings. The Morgan fingerprint density at radius 1 is 1.38 bits per heavy atom. The molecule has 1 heterocycles. The van der Waals surface area contributed by atoms with Crippen LogP contribution in [0.1, 0.15) is 45.4 Å². The number of hydrogen-bond donors (Lipinski definition) is 0. The standard InChI is InChI=1S/C9H16ClN3O2S/c1-4-5-6-13-8(7(2)3)11-12-9(13)16(10,14)15/h7H,4-6H2,1-3H3. The minimum Gasteiger partial charge on any atom is -0.301 e. The predicted octanol–water partition coefficient (Wildman–Crippen LogP) is 2.13. The van der Waals surface area contributed by atoms with Crippen LogP contribution in [0.2, 0.25) is 0 Å². The highest BCUT2D eigenvalue weighted by atomic mass is 35.7. The monoisotopic (exact) mass is 265 g/mol. The Balaban J connectivity index is 3.20. The SMILES string of the molecule is CCCCn1c(C(C)C)nnc1S(=O)(=O)Cl. The van der Waals surface area contributed by atoms with E-state index in [9.17, 15) is 8.42 Å². The number of hydrogen-bond acceptors (Lipinski definition) is 4. The highest BCUT2D eigenvalue weighted by molar-refractivity contribution is 8.13.